The minimum absolute atomic E-state index is 0.00343. The zero-order valence-corrected chi connectivity index (χ0v) is 12.8. The van der Waals surface area contributed by atoms with Crippen LogP contribution < -0.4 is 5.32 Å². The Hall–Kier alpha value is -1.84. The van der Waals surface area contributed by atoms with Gasteiger partial charge in [-0.2, -0.15) is 0 Å². The number of benzene rings is 1. The standard InChI is InChI=1S/C16H24N2O2/c1-5-14(16(20)17-4)18(15(19)6-2)11-13-10-8-7-9-12(13)3/h7-10,14H,5-6,11H2,1-4H3,(H,17,20). The molecule has 4 nitrogen and oxygen atoms in total. The van der Waals surface area contributed by atoms with Crippen LogP contribution in [0.1, 0.15) is 37.8 Å². The molecule has 0 saturated carbocycles. The summed E-state index contributed by atoms with van der Waals surface area (Å²) >= 11 is 0. The fourth-order valence-electron chi connectivity index (χ4n) is 2.26. The van der Waals surface area contributed by atoms with Gasteiger partial charge in [0, 0.05) is 20.0 Å². The van der Waals surface area contributed by atoms with Gasteiger partial charge in [0.05, 0.1) is 0 Å². The molecule has 0 aromatic heterocycles. The Balaban J connectivity index is 3.03. The zero-order chi connectivity index (χ0) is 15.1. The molecule has 1 aromatic carbocycles. The van der Waals surface area contributed by atoms with E-state index < -0.39 is 6.04 Å². The molecule has 0 fully saturated rings. The van der Waals surface area contributed by atoms with Crippen molar-refractivity contribution < 1.29 is 9.59 Å². The monoisotopic (exact) mass is 276 g/mol. The highest BCUT2D eigenvalue weighted by Gasteiger charge is 2.27. The highest BCUT2D eigenvalue weighted by molar-refractivity contribution is 5.87. The quantitative estimate of drug-likeness (QED) is 0.866. The van der Waals surface area contributed by atoms with Crippen LogP contribution in [0.25, 0.3) is 0 Å². The second-order valence-corrected chi connectivity index (χ2v) is 4.84. The zero-order valence-electron chi connectivity index (χ0n) is 12.8. The molecule has 0 bridgehead atoms. The SMILES string of the molecule is CCC(=O)N(Cc1ccccc1C)C(CC)C(=O)NC. The summed E-state index contributed by atoms with van der Waals surface area (Å²) in [7, 11) is 1.60. The maximum atomic E-state index is 12.2. The van der Waals surface area contributed by atoms with Crippen LogP contribution in [0.5, 0.6) is 0 Å². The van der Waals surface area contributed by atoms with Crippen LogP contribution in [0, 0.1) is 6.92 Å². The number of hydrogen-bond donors (Lipinski definition) is 1. The third-order valence-electron chi connectivity index (χ3n) is 3.54. The van der Waals surface area contributed by atoms with Gasteiger partial charge in [-0.15, -0.1) is 0 Å². The summed E-state index contributed by atoms with van der Waals surface area (Å²) in [4.78, 5) is 25.9. The maximum absolute atomic E-state index is 12.2. The first kappa shape index (κ1) is 16.2. The Bertz CT molecular complexity index is 471. The highest BCUT2D eigenvalue weighted by atomic mass is 16.2. The second kappa shape index (κ2) is 7.68. The molecule has 110 valence electrons. The fourth-order valence-corrected chi connectivity index (χ4v) is 2.26. The van der Waals surface area contributed by atoms with Gasteiger partial charge in [0.1, 0.15) is 6.04 Å². The number of carbonyl (C=O) groups is 2. The average molecular weight is 276 g/mol. The van der Waals surface area contributed by atoms with Crippen molar-refractivity contribution in [3.8, 4) is 0 Å². The van der Waals surface area contributed by atoms with Crippen LogP contribution in [0.15, 0.2) is 24.3 Å². The molecule has 1 N–H and O–H groups in total. The van der Waals surface area contributed by atoms with Gasteiger partial charge < -0.3 is 10.2 Å². The van der Waals surface area contributed by atoms with Gasteiger partial charge in [-0.25, -0.2) is 0 Å². The van der Waals surface area contributed by atoms with E-state index in [4.69, 9.17) is 0 Å². The lowest BCUT2D eigenvalue weighted by Crippen LogP contribution is -2.48. The summed E-state index contributed by atoms with van der Waals surface area (Å²) in [5, 5.41) is 2.64. The van der Waals surface area contributed by atoms with E-state index in [1.54, 1.807) is 11.9 Å². The fraction of sp³-hybridized carbons (Fsp3) is 0.500. The molecule has 2 amide bonds. The molecule has 1 unspecified atom stereocenters. The summed E-state index contributed by atoms with van der Waals surface area (Å²) < 4.78 is 0. The summed E-state index contributed by atoms with van der Waals surface area (Å²) in [5.41, 5.74) is 2.21. The van der Waals surface area contributed by atoms with Crippen LogP contribution in [0.4, 0.5) is 0 Å². The van der Waals surface area contributed by atoms with Gasteiger partial charge in [0.15, 0.2) is 0 Å². The van der Waals surface area contributed by atoms with Gasteiger partial charge in [-0.1, -0.05) is 38.1 Å². The predicted octanol–water partition coefficient (Wildman–Crippen LogP) is 2.26. The molecule has 0 aliphatic carbocycles. The first-order valence-corrected chi connectivity index (χ1v) is 7.10. The summed E-state index contributed by atoms with van der Waals surface area (Å²) in [6.07, 6.45) is 1.01. The van der Waals surface area contributed by atoms with E-state index in [1.807, 2.05) is 45.0 Å². The number of nitrogens with zero attached hydrogens (tertiary/aromatic N) is 1. The topological polar surface area (TPSA) is 49.4 Å². The van der Waals surface area contributed by atoms with Crippen molar-refractivity contribution >= 4 is 11.8 Å². The summed E-state index contributed by atoms with van der Waals surface area (Å²) in [6.45, 7) is 6.24. The van der Waals surface area contributed by atoms with Crippen LogP contribution in [0.3, 0.4) is 0 Å². The lowest BCUT2D eigenvalue weighted by Gasteiger charge is -2.30. The van der Waals surface area contributed by atoms with Crippen molar-refractivity contribution in [3.63, 3.8) is 0 Å². The number of aryl methyl sites for hydroxylation is 1. The lowest BCUT2D eigenvalue weighted by atomic mass is 10.1. The number of rotatable bonds is 6. The highest BCUT2D eigenvalue weighted by Crippen LogP contribution is 2.15. The van der Waals surface area contributed by atoms with Gasteiger partial charge in [-0.3, -0.25) is 9.59 Å². The smallest absolute Gasteiger partial charge is 0.242 e. The Morgan fingerprint density at radius 2 is 1.90 bits per heavy atom. The van der Waals surface area contributed by atoms with E-state index in [0.717, 1.165) is 11.1 Å². The number of amides is 2. The first-order chi connectivity index (χ1) is 9.54. The molecule has 20 heavy (non-hydrogen) atoms. The summed E-state index contributed by atoms with van der Waals surface area (Å²) in [5.74, 6) is -0.105. The van der Waals surface area contributed by atoms with E-state index in [2.05, 4.69) is 5.32 Å². The average Bonchev–Trinajstić information content (AvgIpc) is 2.47. The Morgan fingerprint density at radius 1 is 1.25 bits per heavy atom. The van der Waals surface area contributed by atoms with Gasteiger partial charge in [-0.05, 0) is 24.5 Å². The Labute approximate surface area is 121 Å². The number of hydrogen-bond acceptors (Lipinski definition) is 2. The van der Waals surface area contributed by atoms with E-state index in [1.165, 1.54) is 0 Å². The first-order valence-electron chi connectivity index (χ1n) is 7.10. The molecule has 1 aromatic rings. The molecule has 0 heterocycles. The Kier molecular flexibility index (Phi) is 6.22. The maximum Gasteiger partial charge on any atom is 0.242 e. The minimum atomic E-state index is -0.410. The van der Waals surface area contributed by atoms with Crippen LogP contribution in [-0.2, 0) is 16.1 Å². The van der Waals surface area contributed by atoms with E-state index >= 15 is 0 Å². The van der Waals surface area contributed by atoms with Crippen LogP contribution >= 0.6 is 0 Å². The molecular weight excluding hydrogens is 252 g/mol. The molecule has 0 aliphatic heterocycles. The van der Waals surface area contributed by atoms with Crippen molar-refractivity contribution in [2.75, 3.05) is 7.05 Å². The van der Waals surface area contributed by atoms with Gasteiger partial charge in [0.2, 0.25) is 11.8 Å². The number of carbonyl (C=O) groups excluding carboxylic acids is 2. The molecule has 1 atom stereocenters. The van der Waals surface area contributed by atoms with Crippen molar-refractivity contribution in [3.05, 3.63) is 35.4 Å². The van der Waals surface area contributed by atoms with E-state index in [-0.39, 0.29) is 11.8 Å². The molecule has 1 rings (SSSR count). The van der Waals surface area contributed by atoms with Crippen LogP contribution in [-0.4, -0.2) is 29.8 Å². The molecule has 0 spiro atoms. The van der Waals surface area contributed by atoms with Crippen molar-refractivity contribution in [2.45, 2.75) is 46.2 Å². The van der Waals surface area contributed by atoms with Crippen molar-refractivity contribution in [1.29, 1.82) is 0 Å². The largest absolute Gasteiger partial charge is 0.357 e. The number of nitrogens with one attached hydrogen (secondary N) is 1. The molecule has 0 aliphatic rings. The van der Waals surface area contributed by atoms with Gasteiger partial charge in [0.25, 0.3) is 0 Å². The predicted molar refractivity (Wildman–Crippen MR) is 80.2 cm³/mol. The number of likely N-dealkylation sites (N-methyl/N-ethyl adjacent to an activating group) is 1. The van der Waals surface area contributed by atoms with Crippen LogP contribution in [0.2, 0.25) is 0 Å². The normalized spacial score (nSPS) is 11.8. The summed E-state index contributed by atoms with van der Waals surface area (Å²) in [6, 6.07) is 7.54. The molecule has 0 radical (unpaired) electrons. The van der Waals surface area contributed by atoms with Crippen molar-refractivity contribution in [1.82, 2.24) is 10.2 Å². The van der Waals surface area contributed by atoms with E-state index in [0.29, 0.717) is 19.4 Å². The lowest BCUT2D eigenvalue weighted by molar-refractivity contribution is -0.141. The molecule has 0 saturated heterocycles. The third kappa shape index (κ3) is 3.83. The van der Waals surface area contributed by atoms with E-state index in [9.17, 15) is 9.59 Å². The second-order valence-electron chi connectivity index (χ2n) is 4.84. The Morgan fingerprint density at radius 3 is 2.40 bits per heavy atom. The molecule has 4 heteroatoms. The van der Waals surface area contributed by atoms with Crippen molar-refractivity contribution in [2.24, 2.45) is 0 Å². The minimum Gasteiger partial charge on any atom is -0.357 e. The van der Waals surface area contributed by atoms with Gasteiger partial charge >= 0.3 is 0 Å². The molecular formula is C16H24N2O2. The third-order valence-corrected chi connectivity index (χ3v) is 3.54.